The first kappa shape index (κ1) is 14.0. The Bertz CT molecular complexity index is 620. The van der Waals surface area contributed by atoms with Crippen LogP contribution in [0.5, 0.6) is 0 Å². The van der Waals surface area contributed by atoms with Crippen LogP contribution in [-0.2, 0) is 6.54 Å². The lowest BCUT2D eigenvalue weighted by molar-refractivity contribution is 0.628. The van der Waals surface area contributed by atoms with Crippen molar-refractivity contribution in [1.29, 1.82) is 0 Å². The van der Waals surface area contributed by atoms with Crippen LogP contribution < -0.4 is 5.32 Å². The van der Waals surface area contributed by atoms with Gasteiger partial charge < -0.3 is 5.32 Å². The summed E-state index contributed by atoms with van der Waals surface area (Å²) in [6.45, 7) is 0.812. The smallest absolute Gasteiger partial charge is 0.134 e. The minimum atomic E-state index is -0.177. The predicted molar refractivity (Wildman–Crippen MR) is 84.0 cm³/mol. The second kappa shape index (κ2) is 5.84. The normalized spacial score (nSPS) is 14.8. The third kappa shape index (κ3) is 2.62. The molecule has 3 rings (SSSR count). The lowest BCUT2D eigenvalue weighted by Crippen LogP contribution is -2.05. The molecule has 20 heavy (non-hydrogen) atoms. The number of rotatable bonds is 5. The third-order valence-electron chi connectivity index (χ3n) is 3.44. The fraction of sp³-hybridized carbons (Fsp3) is 0.400. The molecular formula is C15H17FN2S2. The van der Waals surface area contributed by atoms with Crippen LogP contribution >= 0.6 is 23.1 Å². The van der Waals surface area contributed by atoms with Gasteiger partial charge in [-0.3, -0.25) is 0 Å². The number of halogens is 1. The molecule has 1 aliphatic carbocycles. The number of benzene rings is 1. The highest BCUT2D eigenvalue weighted by molar-refractivity contribution is 7.98. The van der Waals surface area contributed by atoms with Crippen LogP contribution in [0.3, 0.4) is 0 Å². The van der Waals surface area contributed by atoms with E-state index in [0.717, 1.165) is 16.4 Å². The molecule has 1 aliphatic rings. The predicted octanol–water partition coefficient (Wildman–Crippen LogP) is 4.27. The largest absolute Gasteiger partial charge is 0.315 e. The van der Waals surface area contributed by atoms with Crippen LogP contribution in [0.2, 0.25) is 0 Å². The van der Waals surface area contributed by atoms with Crippen LogP contribution in [0, 0.1) is 5.82 Å². The zero-order valence-electron chi connectivity index (χ0n) is 11.6. The van der Waals surface area contributed by atoms with Crippen LogP contribution in [0.1, 0.15) is 29.3 Å². The van der Waals surface area contributed by atoms with Gasteiger partial charge in [-0.25, -0.2) is 9.37 Å². The van der Waals surface area contributed by atoms with E-state index in [1.165, 1.54) is 29.5 Å². The molecule has 1 aromatic heterocycles. The van der Waals surface area contributed by atoms with Crippen molar-refractivity contribution in [3.8, 4) is 10.6 Å². The van der Waals surface area contributed by atoms with Gasteiger partial charge in [0, 0.05) is 22.2 Å². The summed E-state index contributed by atoms with van der Waals surface area (Å²) in [5.41, 5.74) is 1.84. The Labute approximate surface area is 126 Å². The Morgan fingerprint density at radius 2 is 2.25 bits per heavy atom. The molecule has 0 spiro atoms. The Hall–Kier alpha value is -0.910. The number of thioether (sulfide) groups is 1. The van der Waals surface area contributed by atoms with Crippen molar-refractivity contribution < 1.29 is 4.39 Å². The van der Waals surface area contributed by atoms with E-state index in [4.69, 9.17) is 4.98 Å². The zero-order chi connectivity index (χ0) is 14.1. The van der Waals surface area contributed by atoms with Gasteiger partial charge in [0.15, 0.2) is 0 Å². The molecule has 106 valence electrons. The average molecular weight is 308 g/mol. The molecule has 0 amide bonds. The van der Waals surface area contributed by atoms with Crippen molar-refractivity contribution in [2.45, 2.75) is 30.2 Å². The van der Waals surface area contributed by atoms with E-state index in [2.05, 4.69) is 5.32 Å². The van der Waals surface area contributed by atoms with Crippen molar-refractivity contribution in [2.24, 2.45) is 0 Å². The minimum absolute atomic E-state index is 0.177. The maximum atomic E-state index is 14.2. The molecule has 2 aromatic rings. The first-order chi connectivity index (χ1) is 9.74. The van der Waals surface area contributed by atoms with Gasteiger partial charge in [-0.1, -0.05) is 6.07 Å². The topological polar surface area (TPSA) is 24.9 Å². The molecule has 0 radical (unpaired) electrons. The van der Waals surface area contributed by atoms with Crippen molar-refractivity contribution in [3.63, 3.8) is 0 Å². The molecule has 2 nitrogen and oxygen atoms in total. The molecule has 1 aromatic carbocycles. The van der Waals surface area contributed by atoms with E-state index in [1.807, 2.05) is 19.4 Å². The van der Waals surface area contributed by atoms with Gasteiger partial charge in [-0.05, 0) is 38.3 Å². The molecular weight excluding hydrogens is 291 g/mol. The molecule has 1 N–H and O–H groups in total. The van der Waals surface area contributed by atoms with Crippen molar-refractivity contribution >= 4 is 23.1 Å². The number of hydrogen-bond donors (Lipinski definition) is 1. The van der Waals surface area contributed by atoms with Gasteiger partial charge >= 0.3 is 0 Å². The maximum Gasteiger partial charge on any atom is 0.134 e. The molecule has 0 unspecified atom stereocenters. The Morgan fingerprint density at radius 3 is 2.90 bits per heavy atom. The van der Waals surface area contributed by atoms with Crippen LogP contribution in [-0.4, -0.2) is 18.3 Å². The molecule has 1 fully saturated rings. The lowest BCUT2D eigenvalue weighted by Gasteiger charge is -2.05. The number of nitrogens with zero attached hydrogens (tertiary/aromatic N) is 1. The fourth-order valence-corrected chi connectivity index (χ4v) is 4.21. The van der Waals surface area contributed by atoms with Crippen molar-refractivity contribution in [2.75, 3.05) is 13.3 Å². The number of aromatic nitrogens is 1. The van der Waals surface area contributed by atoms with E-state index in [9.17, 15) is 4.39 Å². The summed E-state index contributed by atoms with van der Waals surface area (Å²) >= 11 is 3.19. The second-order valence-electron chi connectivity index (χ2n) is 4.95. The van der Waals surface area contributed by atoms with Crippen LogP contribution in [0.25, 0.3) is 10.6 Å². The van der Waals surface area contributed by atoms with Crippen LogP contribution in [0.15, 0.2) is 23.1 Å². The first-order valence-electron chi connectivity index (χ1n) is 6.71. The quantitative estimate of drug-likeness (QED) is 0.835. The SMILES string of the molecule is CNCc1sc(-c2c(F)cccc2SC)nc1C1CC1. The maximum absolute atomic E-state index is 14.2. The molecule has 1 saturated carbocycles. The highest BCUT2D eigenvalue weighted by Gasteiger charge is 2.30. The minimum Gasteiger partial charge on any atom is -0.315 e. The van der Waals surface area contributed by atoms with Gasteiger partial charge in [0.1, 0.15) is 10.8 Å². The van der Waals surface area contributed by atoms with E-state index in [1.54, 1.807) is 29.2 Å². The highest BCUT2D eigenvalue weighted by Crippen LogP contribution is 2.45. The van der Waals surface area contributed by atoms with Gasteiger partial charge in [-0.2, -0.15) is 0 Å². The van der Waals surface area contributed by atoms with E-state index >= 15 is 0 Å². The molecule has 5 heteroatoms. The molecule has 0 bridgehead atoms. The van der Waals surface area contributed by atoms with E-state index < -0.39 is 0 Å². The molecule has 0 atom stereocenters. The van der Waals surface area contributed by atoms with Gasteiger partial charge in [0.2, 0.25) is 0 Å². The fourth-order valence-electron chi connectivity index (χ4n) is 2.32. The summed E-state index contributed by atoms with van der Waals surface area (Å²) in [6, 6.07) is 5.23. The van der Waals surface area contributed by atoms with Gasteiger partial charge in [0.05, 0.1) is 11.3 Å². The number of nitrogens with one attached hydrogen (secondary N) is 1. The summed E-state index contributed by atoms with van der Waals surface area (Å²) in [4.78, 5) is 6.96. The number of hydrogen-bond acceptors (Lipinski definition) is 4. The van der Waals surface area contributed by atoms with Gasteiger partial charge in [0.25, 0.3) is 0 Å². The van der Waals surface area contributed by atoms with Crippen LogP contribution in [0.4, 0.5) is 4.39 Å². The standard InChI is InChI=1S/C15H17FN2S2/c1-17-8-12-14(9-6-7-9)18-15(20-12)13-10(16)4-3-5-11(13)19-2/h3-5,9,17H,6-8H2,1-2H3. The zero-order valence-corrected chi connectivity index (χ0v) is 13.2. The Morgan fingerprint density at radius 1 is 1.45 bits per heavy atom. The summed E-state index contributed by atoms with van der Waals surface area (Å²) in [7, 11) is 1.94. The Kier molecular flexibility index (Phi) is 4.10. The Balaban J connectivity index is 2.08. The highest BCUT2D eigenvalue weighted by atomic mass is 32.2. The number of thiazole rings is 1. The van der Waals surface area contributed by atoms with Gasteiger partial charge in [-0.15, -0.1) is 23.1 Å². The van der Waals surface area contributed by atoms with Crippen molar-refractivity contribution in [3.05, 3.63) is 34.6 Å². The summed E-state index contributed by atoms with van der Waals surface area (Å²) in [5.74, 6) is 0.414. The molecule has 0 aliphatic heterocycles. The van der Waals surface area contributed by atoms with E-state index in [-0.39, 0.29) is 5.82 Å². The third-order valence-corrected chi connectivity index (χ3v) is 5.31. The summed E-state index contributed by atoms with van der Waals surface area (Å²) in [6.07, 6.45) is 4.40. The molecule has 0 saturated heterocycles. The first-order valence-corrected chi connectivity index (χ1v) is 8.75. The average Bonchev–Trinajstić information content (AvgIpc) is 3.21. The summed E-state index contributed by atoms with van der Waals surface area (Å²) in [5, 5.41) is 4.01. The molecule has 1 heterocycles. The summed E-state index contributed by atoms with van der Waals surface area (Å²) < 4.78 is 14.2. The second-order valence-corrected chi connectivity index (χ2v) is 6.88. The van der Waals surface area contributed by atoms with E-state index in [0.29, 0.717) is 11.5 Å². The van der Waals surface area contributed by atoms with Crippen molar-refractivity contribution in [1.82, 2.24) is 10.3 Å². The monoisotopic (exact) mass is 308 g/mol. The lowest BCUT2D eigenvalue weighted by atomic mass is 10.2.